The summed E-state index contributed by atoms with van der Waals surface area (Å²) >= 11 is 0. The summed E-state index contributed by atoms with van der Waals surface area (Å²) < 4.78 is 16.7. The number of imidazole rings is 1. The molecular weight excluding hydrogens is 367 g/mol. The van der Waals surface area contributed by atoms with Gasteiger partial charge in [0.1, 0.15) is 11.5 Å². The van der Waals surface area contributed by atoms with Crippen molar-refractivity contribution in [2.75, 3.05) is 32.7 Å². The van der Waals surface area contributed by atoms with Crippen LogP contribution < -0.4 is 0 Å². The van der Waals surface area contributed by atoms with Gasteiger partial charge in [0.2, 0.25) is 5.91 Å². The minimum absolute atomic E-state index is 0.0663. The van der Waals surface area contributed by atoms with Crippen molar-refractivity contribution in [3.63, 3.8) is 0 Å². The maximum absolute atomic E-state index is 14.7. The second-order valence-corrected chi connectivity index (χ2v) is 7.66. The Morgan fingerprint density at radius 1 is 1.14 bits per heavy atom. The van der Waals surface area contributed by atoms with Crippen LogP contribution in [0, 0.1) is 12.7 Å². The molecule has 0 bridgehead atoms. The van der Waals surface area contributed by atoms with Crippen LogP contribution in [0.15, 0.2) is 48.8 Å². The Kier molecular flexibility index (Phi) is 5.62. The monoisotopic (exact) mass is 394 g/mol. The Morgan fingerprint density at radius 2 is 1.90 bits per heavy atom. The molecule has 0 spiro atoms. The van der Waals surface area contributed by atoms with E-state index in [-0.39, 0.29) is 24.1 Å². The molecule has 4 rings (SSSR count). The van der Waals surface area contributed by atoms with Crippen molar-refractivity contribution in [2.24, 2.45) is 0 Å². The van der Waals surface area contributed by atoms with Crippen molar-refractivity contribution in [3.05, 3.63) is 71.4 Å². The first-order chi connectivity index (χ1) is 14.1. The Bertz CT molecular complexity index is 1010. The molecule has 3 heterocycles. The third-order valence-corrected chi connectivity index (χ3v) is 5.95. The minimum atomic E-state index is -0.385. The summed E-state index contributed by atoms with van der Waals surface area (Å²) in [6.07, 6.45) is 3.94. The number of likely N-dealkylation sites (N-methyl/N-ethyl adjacent to an activating group) is 1. The number of carbonyl (C=O) groups is 1. The zero-order valence-corrected chi connectivity index (χ0v) is 17.0. The molecule has 0 saturated carbocycles. The second-order valence-electron chi connectivity index (χ2n) is 7.66. The minimum Gasteiger partial charge on any atom is -0.340 e. The van der Waals surface area contributed by atoms with E-state index in [1.165, 1.54) is 6.07 Å². The lowest BCUT2D eigenvalue weighted by Gasteiger charge is -2.34. The lowest BCUT2D eigenvalue weighted by molar-refractivity contribution is -0.133. The summed E-state index contributed by atoms with van der Waals surface area (Å²) in [7, 11) is 0. The molecule has 0 radical (unpaired) electrons. The number of carbonyl (C=O) groups excluding carboxylic acids is 1. The molecule has 1 atom stereocenters. The van der Waals surface area contributed by atoms with Gasteiger partial charge in [0, 0.05) is 50.9 Å². The number of amides is 1. The molecule has 29 heavy (non-hydrogen) atoms. The molecule has 0 aliphatic carbocycles. The van der Waals surface area contributed by atoms with Crippen molar-refractivity contribution >= 4 is 11.6 Å². The SMILES string of the molecule is CCN1CCN(C(=O)CC(c2ccccc2F)c2cnc3c(C)cccn23)CC1. The van der Waals surface area contributed by atoms with Crippen molar-refractivity contribution < 1.29 is 9.18 Å². The van der Waals surface area contributed by atoms with Crippen LogP contribution in [-0.2, 0) is 4.79 Å². The Morgan fingerprint density at radius 3 is 2.62 bits per heavy atom. The summed E-state index contributed by atoms with van der Waals surface area (Å²) in [6, 6.07) is 10.7. The van der Waals surface area contributed by atoms with Gasteiger partial charge >= 0.3 is 0 Å². The van der Waals surface area contributed by atoms with E-state index in [1.54, 1.807) is 18.3 Å². The van der Waals surface area contributed by atoms with Crippen molar-refractivity contribution in [2.45, 2.75) is 26.2 Å². The number of aryl methyl sites for hydroxylation is 1. The summed E-state index contributed by atoms with van der Waals surface area (Å²) in [4.78, 5) is 21.9. The second kappa shape index (κ2) is 8.33. The highest BCUT2D eigenvalue weighted by atomic mass is 19.1. The van der Waals surface area contributed by atoms with E-state index in [2.05, 4.69) is 16.8 Å². The fourth-order valence-electron chi connectivity index (χ4n) is 4.18. The Hall–Kier alpha value is -2.73. The first kappa shape index (κ1) is 19.6. The molecule has 1 unspecified atom stereocenters. The van der Waals surface area contributed by atoms with Gasteiger partial charge in [0.15, 0.2) is 0 Å². The van der Waals surface area contributed by atoms with E-state index < -0.39 is 0 Å². The molecule has 1 aliphatic heterocycles. The standard InChI is InChI=1S/C23H27FN4O/c1-3-26-11-13-27(14-12-26)22(29)15-19(18-8-4-5-9-20(18)24)21-16-25-23-17(2)7-6-10-28(21)23/h4-10,16,19H,3,11-15H2,1-2H3. The molecule has 1 aromatic carbocycles. The van der Waals surface area contributed by atoms with Gasteiger partial charge in [-0.2, -0.15) is 0 Å². The fourth-order valence-corrected chi connectivity index (χ4v) is 4.18. The number of hydrogen-bond donors (Lipinski definition) is 0. The van der Waals surface area contributed by atoms with Gasteiger partial charge in [0.05, 0.1) is 5.69 Å². The smallest absolute Gasteiger partial charge is 0.223 e. The molecule has 6 heteroatoms. The van der Waals surface area contributed by atoms with Crippen LogP contribution in [0.2, 0.25) is 0 Å². The quantitative estimate of drug-likeness (QED) is 0.665. The number of piperazine rings is 1. The molecular formula is C23H27FN4O. The average molecular weight is 394 g/mol. The van der Waals surface area contributed by atoms with Gasteiger partial charge in [-0.05, 0) is 36.7 Å². The van der Waals surface area contributed by atoms with Crippen molar-refractivity contribution in [1.82, 2.24) is 19.2 Å². The molecule has 5 nitrogen and oxygen atoms in total. The van der Waals surface area contributed by atoms with Gasteiger partial charge in [-0.15, -0.1) is 0 Å². The van der Waals surface area contributed by atoms with Crippen molar-refractivity contribution in [1.29, 1.82) is 0 Å². The summed E-state index contributed by atoms with van der Waals surface area (Å²) in [6.45, 7) is 8.37. The number of benzene rings is 1. The number of fused-ring (bicyclic) bond motifs is 1. The maximum Gasteiger partial charge on any atom is 0.223 e. The largest absolute Gasteiger partial charge is 0.340 e. The predicted octanol–water partition coefficient (Wildman–Crippen LogP) is 3.47. The van der Waals surface area contributed by atoms with Gasteiger partial charge in [-0.25, -0.2) is 9.37 Å². The maximum atomic E-state index is 14.7. The zero-order valence-electron chi connectivity index (χ0n) is 17.0. The number of pyridine rings is 1. The number of nitrogens with zero attached hydrogens (tertiary/aromatic N) is 4. The molecule has 1 fully saturated rings. The Labute approximate surface area is 170 Å². The van der Waals surface area contributed by atoms with Crippen LogP contribution >= 0.6 is 0 Å². The third kappa shape index (κ3) is 3.90. The molecule has 1 aliphatic rings. The zero-order chi connectivity index (χ0) is 20.4. The highest BCUT2D eigenvalue weighted by Gasteiger charge is 2.28. The molecule has 1 saturated heterocycles. The van der Waals surface area contributed by atoms with E-state index >= 15 is 0 Å². The van der Waals surface area contributed by atoms with Crippen LogP contribution in [0.1, 0.15) is 36.1 Å². The highest BCUT2D eigenvalue weighted by Crippen LogP contribution is 2.31. The highest BCUT2D eigenvalue weighted by molar-refractivity contribution is 5.78. The van der Waals surface area contributed by atoms with Gasteiger partial charge < -0.3 is 14.2 Å². The topological polar surface area (TPSA) is 40.8 Å². The first-order valence-electron chi connectivity index (χ1n) is 10.3. The van der Waals surface area contributed by atoms with E-state index in [9.17, 15) is 9.18 Å². The summed E-state index contributed by atoms with van der Waals surface area (Å²) in [5.74, 6) is -0.606. The van der Waals surface area contributed by atoms with E-state index in [0.717, 1.165) is 49.6 Å². The van der Waals surface area contributed by atoms with Crippen LogP contribution in [-0.4, -0.2) is 57.8 Å². The first-order valence-corrected chi connectivity index (χ1v) is 10.3. The van der Waals surface area contributed by atoms with Crippen LogP contribution in [0.25, 0.3) is 5.65 Å². The van der Waals surface area contributed by atoms with Crippen LogP contribution in [0.4, 0.5) is 4.39 Å². The molecule has 0 N–H and O–H groups in total. The molecule has 152 valence electrons. The van der Waals surface area contributed by atoms with E-state index in [4.69, 9.17) is 0 Å². The number of aromatic nitrogens is 2. The average Bonchev–Trinajstić information content (AvgIpc) is 3.18. The lowest BCUT2D eigenvalue weighted by atomic mass is 9.91. The summed E-state index contributed by atoms with van der Waals surface area (Å²) in [5.41, 5.74) is 3.27. The van der Waals surface area contributed by atoms with Crippen LogP contribution in [0.5, 0.6) is 0 Å². The fraction of sp³-hybridized carbons (Fsp3) is 0.391. The summed E-state index contributed by atoms with van der Waals surface area (Å²) in [5, 5.41) is 0. The normalized spacial score (nSPS) is 16.3. The number of hydrogen-bond acceptors (Lipinski definition) is 3. The van der Waals surface area contributed by atoms with Crippen molar-refractivity contribution in [3.8, 4) is 0 Å². The number of halogens is 1. The third-order valence-electron chi connectivity index (χ3n) is 5.95. The molecule has 2 aromatic heterocycles. The van der Waals surface area contributed by atoms with E-state index in [0.29, 0.717) is 5.56 Å². The Balaban J connectivity index is 1.67. The lowest BCUT2D eigenvalue weighted by Crippen LogP contribution is -2.48. The predicted molar refractivity (Wildman–Crippen MR) is 111 cm³/mol. The molecule has 3 aromatic rings. The molecule has 1 amide bonds. The van der Waals surface area contributed by atoms with Crippen LogP contribution in [0.3, 0.4) is 0 Å². The van der Waals surface area contributed by atoms with Gasteiger partial charge in [0.25, 0.3) is 0 Å². The van der Waals surface area contributed by atoms with E-state index in [1.807, 2.05) is 40.6 Å². The van der Waals surface area contributed by atoms with Gasteiger partial charge in [-0.1, -0.05) is 31.2 Å². The number of rotatable bonds is 5. The van der Waals surface area contributed by atoms with Gasteiger partial charge in [-0.3, -0.25) is 4.79 Å².